The number of benzene rings is 2. The van der Waals surface area contributed by atoms with E-state index >= 15 is 0 Å². The number of hydrogen-bond acceptors (Lipinski definition) is 4. The second kappa shape index (κ2) is 7.26. The minimum atomic E-state index is -0.803. The fraction of sp³-hybridized carbons (Fsp3) is 0.348. The van der Waals surface area contributed by atoms with Crippen molar-refractivity contribution in [2.24, 2.45) is 0 Å². The van der Waals surface area contributed by atoms with Gasteiger partial charge in [-0.1, -0.05) is 48.0 Å². The van der Waals surface area contributed by atoms with Crippen molar-refractivity contribution < 1.29 is 14.6 Å². The number of aliphatic hydroxyl groups is 1. The summed E-state index contributed by atoms with van der Waals surface area (Å²) in [4.78, 5) is 12.8. The van der Waals surface area contributed by atoms with E-state index < -0.39 is 5.54 Å². The number of rotatable bonds is 4. The van der Waals surface area contributed by atoms with E-state index in [1.165, 1.54) is 18.2 Å². The van der Waals surface area contributed by atoms with Gasteiger partial charge in [-0.25, -0.2) is 4.79 Å². The van der Waals surface area contributed by atoms with Crippen molar-refractivity contribution in [1.82, 2.24) is 0 Å². The Hall–Kier alpha value is -2.30. The van der Waals surface area contributed by atoms with Crippen LogP contribution in [0.4, 0.5) is 5.69 Å². The van der Waals surface area contributed by atoms with Crippen molar-refractivity contribution in [3.05, 3.63) is 70.3 Å². The quantitative estimate of drug-likeness (QED) is 0.742. The van der Waals surface area contributed by atoms with E-state index in [0.717, 1.165) is 24.1 Å². The molecule has 2 aromatic carbocycles. The molecule has 1 spiro atoms. The molecule has 0 heterocycles. The number of carbonyl (C=O) groups is 1. The number of hydrogen-bond donors (Lipinski definition) is 2. The fourth-order valence-corrected chi connectivity index (χ4v) is 5.06. The summed E-state index contributed by atoms with van der Waals surface area (Å²) in [6.45, 7) is 0.0294. The van der Waals surface area contributed by atoms with Crippen molar-refractivity contribution in [3.63, 3.8) is 0 Å². The number of nitrogens with one attached hydrogen (secondary N) is 1. The zero-order valence-corrected chi connectivity index (χ0v) is 16.6. The fourth-order valence-electron chi connectivity index (χ4n) is 4.87. The standard InChI is InChI=1S/C23H24ClNO3/c1-28-21(27)23(25-19-7-4-6-18(24)14-19)11-9-22(10-12-23)17(15-26)13-16-5-2-3-8-20(16)22/h2-8,13-14,25-26H,9-12,15H2,1H3. The lowest BCUT2D eigenvalue weighted by molar-refractivity contribution is -0.147. The Morgan fingerprint density at radius 2 is 1.89 bits per heavy atom. The Kier molecular flexibility index (Phi) is 4.94. The highest BCUT2D eigenvalue weighted by atomic mass is 35.5. The monoisotopic (exact) mass is 397 g/mol. The van der Waals surface area contributed by atoms with Crippen molar-refractivity contribution in [1.29, 1.82) is 0 Å². The summed E-state index contributed by atoms with van der Waals surface area (Å²) in [5.41, 5.74) is 3.25. The molecular formula is C23H24ClNO3. The van der Waals surface area contributed by atoms with Crippen molar-refractivity contribution >= 4 is 29.3 Å². The molecule has 2 aromatic rings. The lowest BCUT2D eigenvalue weighted by Crippen LogP contribution is -2.53. The normalized spacial score (nSPS) is 25.9. The van der Waals surface area contributed by atoms with Gasteiger partial charge in [0.05, 0.1) is 13.7 Å². The third-order valence-electron chi connectivity index (χ3n) is 6.33. The van der Waals surface area contributed by atoms with Crippen LogP contribution in [0.1, 0.15) is 36.8 Å². The molecule has 0 aromatic heterocycles. The summed E-state index contributed by atoms with van der Waals surface area (Å²) in [7, 11) is 1.43. The van der Waals surface area contributed by atoms with E-state index in [1.54, 1.807) is 6.07 Å². The first kappa shape index (κ1) is 19.0. The van der Waals surface area contributed by atoms with Crippen LogP contribution in [0.25, 0.3) is 6.08 Å². The highest BCUT2D eigenvalue weighted by molar-refractivity contribution is 6.30. The maximum atomic E-state index is 12.8. The molecule has 146 valence electrons. The summed E-state index contributed by atoms with van der Waals surface area (Å²) >= 11 is 6.12. The van der Waals surface area contributed by atoms with Gasteiger partial charge in [-0.05, 0) is 60.6 Å². The maximum Gasteiger partial charge on any atom is 0.331 e. The van der Waals surface area contributed by atoms with Gasteiger partial charge in [0.25, 0.3) is 0 Å². The van der Waals surface area contributed by atoms with Gasteiger partial charge in [-0.2, -0.15) is 0 Å². The van der Waals surface area contributed by atoms with Gasteiger partial charge in [0.15, 0.2) is 0 Å². The molecule has 1 saturated carbocycles. The molecule has 0 aliphatic heterocycles. The predicted octanol–water partition coefficient (Wildman–Crippen LogP) is 4.57. The van der Waals surface area contributed by atoms with Gasteiger partial charge >= 0.3 is 5.97 Å². The second-order valence-corrected chi connectivity index (χ2v) is 8.14. The third-order valence-corrected chi connectivity index (χ3v) is 6.57. The molecule has 4 rings (SSSR count). The van der Waals surface area contributed by atoms with Gasteiger partial charge in [0.2, 0.25) is 0 Å². The molecule has 0 amide bonds. The van der Waals surface area contributed by atoms with Crippen LogP contribution in [0.3, 0.4) is 0 Å². The number of fused-ring (bicyclic) bond motifs is 2. The van der Waals surface area contributed by atoms with Gasteiger partial charge in [-0.15, -0.1) is 0 Å². The molecule has 0 bridgehead atoms. The van der Waals surface area contributed by atoms with Gasteiger partial charge in [-0.3, -0.25) is 0 Å². The van der Waals surface area contributed by atoms with Crippen LogP contribution in [-0.2, 0) is 14.9 Å². The lowest BCUT2D eigenvalue weighted by atomic mass is 9.62. The van der Waals surface area contributed by atoms with Crippen LogP contribution in [0, 0.1) is 0 Å². The minimum absolute atomic E-state index is 0.0294. The molecule has 2 aliphatic rings. The number of esters is 1. The van der Waals surface area contributed by atoms with Crippen LogP contribution in [0.2, 0.25) is 5.02 Å². The number of methoxy groups -OCH3 is 1. The average molecular weight is 398 g/mol. The van der Waals surface area contributed by atoms with Crippen molar-refractivity contribution in [2.75, 3.05) is 19.0 Å². The Bertz CT molecular complexity index is 929. The first-order valence-electron chi connectivity index (χ1n) is 9.57. The lowest BCUT2D eigenvalue weighted by Gasteiger charge is -2.45. The van der Waals surface area contributed by atoms with Crippen LogP contribution < -0.4 is 5.32 Å². The third kappa shape index (κ3) is 3.01. The topological polar surface area (TPSA) is 58.6 Å². The molecule has 0 atom stereocenters. The van der Waals surface area contributed by atoms with Crippen molar-refractivity contribution in [3.8, 4) is 0 Å². The zero-order valence-electron chi connectivity index (χ0n) is 15.9. The van der Waals surface area contributed by atoms with Gasteiger partial charge in [0.1, 0.15) is 5.54 Å². The van der Waals surface area contributed by atoms with Crippen LogP contribution in [-0.4, -0.2) is 30.3 Å². The highest BCUT2D eigenvalue weighted by Gasteiger charge is 2.51. The minimum Gasteiger partial charge on any atom is -0.467 e. The molecule has 28 heavy (non-hydrogen) atoms. The smallest absolute Gasteiger partial charge is 0.331 e. The largest absolute Gasteiger partial charge is 0.467 e. The molecular weight excluding hydrogens is 374 g/mol. The Balaban J connectivity index is 1.66. The number of halogens is 1. The number of anilines is 1. The van der Waals surface area contributed by atoms with E-state index in [2.05, 4.69) is 23.5 Å². The molecule has 4 nitrogen and oxygen atoms in total. The summed E-state index contributed by atoms with van der Waals surface area (Å²) in [5, 5.41) is 14.0. The molecule has 5 heteroatoms. The number of aliphatic hydroxyl groups excluding tert-OH is 1. The predicted molar refractivity (Wildman–Crippen MR) is 111 cm³/mol. The summed E-state index contributed by atoms with van der Waals surface area (Å²) in [6, 6.07) is 15.7. The Morgan fingerprint density at radius 1 is 1.14 bits per heavy atom. The Labute approximate surface area is 170 Å². The van der Waals surface area contributed by atoms with E-state index in [0.29, 0.717) is 17.9 Å². The number of carbonyl (C=O) groups excluding carboxylic acids is 1. The van der Waals surface area contributed by atoms with Crippen molar-refractivity contribution in [2.45, 2.75) is 36.6 Å². The van der Waals surface area contributed by atoms with Crippen LogP contribution in [0.15, 0.2) is 54.1 Å². The van der Waals surface area contributed by atoms with Gasteiger partial charge < -0.3 is 15.2 Å². The molecule has 2 N–H and O–H groups in total. The first-order valence-corrected chi connectivity index (χ1v) is 9.94. The summed E-state index contributed by atoms with van der Waals surface area (Å²) < 4.78 is 5.17. The van der Waals surface area contributed by atoms with E-state index in [1.807, 2.05) is 30.3 Å². The van der Waals surface area contributed by atoms with Crippen LogP contribution >= 0.6 is 11.6 Å². The average Bonchev–Trinajstić information content (AvgIpc) is 3.03. The summed E-state index contributed by atoms with van der Waals surface area (Å²) in [5.74, 6) is -0.261. The second-order valence-electron chi connectivity index (χ2n) is 7.71. The molecule has 0 unspecified atom stereocenters. The SMILES string of the molecule is COC(=O)C1(Nc2cccc(Cl)c2)CCC2(CC1)C(CO)=Cc1ccccc12. The van der Waals surface area contributed by atoms with E-state index in [-0.39, 0.29) is 18.0 Å². The molecule has 0 radical (unpaired) electrons. The number of ether oxygens (including phenoxy) is 1. The maximum absolute atomic E-state index is 12.8. The van der Waals surface area contributed by atoms with Gasteiger partial charge in [0, 0.05) is 16.1 Å². The zero-order chi connectivity index (χ0) is 19.8. The van der Waals surface area contributed by atoms with E-state index in [4.69, 9.17) is 16.3 Å². The molecule has 2 aliphatic carbocycles. The molecule has 1 fully saturated rings. The van der Waals surface area contributed by atoms with E-state index in [9.17, 15) is 9.90 Å². The summed E-state index contributed by atoms with van der Waals surface area (Å²) in [6.07, 6.45) is 4.85. The highest BCUT2D eigenvalue weighted by Crippen LogP contribution is 2.53. The Morgan fingerprint density at radius 3 is 2.57 bits per heavy atom. The first-order chi connectivity index (χ1) is 13.5. The van der Waals surface area contributed by atoms with Crippen LogP contribution in [0.5, 0.6) is 0 Å². The molecule has 0 saturated heterocycles.